The standard InChI is InChI=1S/C18H23N3/c1-6-8-17(11-14(3)20-12-19)15(4)16(5)18-10-7-9-13(2)21-18/h6-12,19H,1-5H3/b8-6-,16-15-,17-11+,19-12?,20-14?. The Hall–Kier alpha value is -2.29. The van der Waals surface area contributed by atoms with E-state index in [2.05, 4.69) is 29.9 Å². The Kier molecular flexibility index (Phi) is 6.47. The summed E-state index contributed by atoms with van der Waals surface area (Å²) in [6.45, 7) is 10.0. The Morgan fingerprint density at radius 1 is 1.24 bits per heavy atom. The minimum absolute atomic E-state index is 0.808. The molecular formula is C18H23N3. The summed E-state index contributed by atoms with van der Waals surface area (Å²) in [4.78, 5) is 8.56. The lowest BCUT2D eigenvalue weighted by molar-refractivity contribution is 1.16. The number of aryl methyl sites for hydroxylation is 1. The van der Waals surface area contributed by atoms with Gasteiger partial charge in [0.2, 0.25) is 0 Å². The second-order valence-corrected chi connectivity index (χ2v) is 4.91. The molecule has 0 saturated heterocycles. The van der Waals surface area contributed by atoms with Crippen LogP contribution in [-0.4, -0.2) is 17.0 Å². The lowest BCUT2D eigenvalue weighted by atomic mass is 9.98. The van der Waals surface area contributed by atoms with E-state index in [-0.39, 0.29) is 0 Å². The molecule has 1 heterocycles. The fraction of sp³-hybridized carbons (Fsp3) is 0.278. The average Bonchev–Trinajstić information content (AvgIpc) is 2.45. The van der Waals surface area contributed by atoms with Crippen LogP contribution in [0.25, 0.3) is 5.57 Å². The van der Waals surface area contributed by atoms with Gasteiger partial charge in [-0.15, -0.1) is 0 Å². The summed E-state index contributed by atoms with van der Waals surface area (Å²) in [5, 5.41) is 7.05. The van der Waals surface area contributed by atoms with Crippen molar-refractivity contribution in [2.45, 2.75) is 34.6 Å². The number of allylic oxidation sites excluding steroid dienone is 6. The smallest absolute Gasteiger partial charge is 0.107 e. The van der Waals surface area contributed by atoms with E-state index in [4.69, 9.17) is 5.41 Å². The zero-order valence-corrected chi connectivity index (χ0v) is 13.4. The second-order valence-electron chi connectivity index (χ2n) is 4.91. The molecule has 1 rings (SSSR count). The molecule has 3 heteroatoms. The molecule has 0 spiro atoms. The summed E-state index contributed by atoms with van der Waals surface area (Å²) < 4.78 is 0. The molecule has 1 aromatic heterocycles. The largest absolute Gasteiger partial charge is 0.290 e. The average molecular weight is 281 g/mol. The molecule has 0 unspecified atom stereocenters. The van der Waals surface area contributed by atoms with Crippen molar-refractivity contribution in [1.29, 1.82) is 5.41 Å². The molecule has 110 valence electrons. The third kappa shape index (κ3) is 4.95. The molecule has 0 aliphatic carbocycles. The normalized spacial score (nSPS) is 14.3. The number of pyridine rings is 1. The highest BCUT2D eigenvalue weighted by Crippen LogP contribution is 2.23. The molecule has 0 aliphatic rings. The second kappa shape index (κ2) is 8.10. The summed E-state index contributed by atoms with van der Waals surface area (Å²) in [6, 6.07) is 6.04. The maximum absolute atomic E-state index is 7.05. The number of hydrogen-bond donors (Lipinski definition) is 1. The van der Waals surface area contributed by atoms with Gasteiger partial charge < -0.3 is 0 Å². The lowest BCUT2D eigenvalue weighted by Gasteiger charge is -2.10. The Labute approximate surface area is 127 Å². The number of hydrogen-bond acceptors (Lipinski definition) is 2. The van der Waals surface area contributed by atoms with Crippen molar-refractivity contribution in [3.8, 4) is 0 Å². The third-order valence-electron chi connectivity index (χ3n) is 3.25. The first kappa shape index (κ1) is 16.8. The maximum atomic E-state index is 7.05. The van der Waals surface area contributed by atoms with Crippen LogP contribution in [0.5, 0.6) is 0 Å². The highest BCUT2D eigenvalue weighted by atomic mass is 14.7. The van der Waals surface area contributed by atoms with Gasteiger partial charge in [0.1, 0.15) is 6.34 Å². The molecule has 1 aromatic rings. The molecule has 0 atom stereocenters. The van der Waals surface area contributed by atoms with Gasteiger partial charge in [-0.05, 0) is 69.5 Å². The van der Waals surface area contributed by atoms with E-state index >= 15 is 0 Å². The first-order valence-corrected chi connectivity index (χ1v) is 6.99. The van der Waals surface area contributed by atoms with Gasteiger partial charge in [0.25, 0.3) is 0 Å². The van der Waals surface area contributed by atoms with Crippen LogP contribution in [0.3, 0.4) is 0 Å². The molecule has 1 N–H and O–H groups in total. The van der Waals surface area contributed by atoms with Crippen LogP contribution >= 0.6 is 0 Å². The molecule has 0 saturated carbocycles. The summed E-state index contributed by atoms with van der Waals surface area (Å²) >= 11 is 0. The van der Waals surface area contributed by atoms with E-state index in [0.29, 0.717) is 0 Å². The van der Waals surface area contributed by atoms with Gasteiger partial charge in [-0.3, -0.25) is 10.4 Å². The molecule has 3 nitrogen and oxygen atoms in total. The van der Waals surface area contributed by atoms with Gasteiger partial charge >= 0.3 is 0 Å². The molecule has 0 fully saturated rings. The Bertz CT molecular complexity index is 632. The van der Waals surface area contributed by atoms with Crippen LogP contribution in [0.4, 0.5) is 0 Å². The van der Waals surface area contributed by atoms with E-state index in [1.54, 1.807) is 0 Å². The van der Waals surface area contributed by atoms with Crippen molar-refractivity contribution in [3.05, 3.63) is 59.0 Å². The molecule has 0 aliphatic heterocycles. The van der Waals surface area contributed by atoms with Crippen LogP contribution in [0, 0.1) is 12.3 Å². The van der Waals surface area contributed by atoms with Gasteiger partial charge in [0.05, 0.1) is 5.69 Å². The lowest BCUT2D eigenvalue weighted by Crippen LogP contribution is -1.95. The molecule has 0 bridgehead atoms. The molecular weight excluding hydrogens is 258 g/mol. The van der Waals surface area contributed by atoms with Crippen molar-refractivity contribution >= 4 is 17.6 Å². The number of rotatable bonds is 5. The van der Waals surface area contributed by atoms with Gasteiger partial charge in [-0.1, -0.05) is 18.2 Å². The van der Waals surface area contributed by atoms with E-state index in [9.17, 15) is 0 Å². The zero-order valence-electron chi connectivity index (χ0n) is 13.4. The van der Waals surface area contributed by atoms with Gasteiger partial charge in [-0.25, -0.2) is 4.99 Å². The van der Waals surface area contributed by atoms with Gasteiger partial charge in [0.15, 0.2) is 0 Å². The topological polar surface area (TPSA) is 49.1 Å². The van der Waals surface area contributed by atoms with E-state index in [1.807, 2.05) is 51.1 Å². The SMILES string of the molecule is C\C=C/C(=C\C(C)=NC=N)C(/C)=C(/C)c1cccc(C)n1. The first-order chi connectivity index (χ1) is 9.99. The van der Waals surface area contributed by atoms with Crippen molar-refractivity contribution in [2.24, 2.45) is 4.99 Å². The van der Waals surface area contributed by atoms with Crippen molar-refractivity contribution in [1.82, 2.24) is 4.98 Å². The zero-order chi connectivity index (χ0) is 15.8. The Balaban J connectivity index is 3.33. The number of aliphatic imine (C=N–C) groups is 1. The minimum atomic E-state index is 0.808. The highest BCUT2D eigenvalue weighted by Gasteiger charge is 2.06. The summed E-state index contributed by atoms with van der Waals surface area (Å²) in [6.07, 6.45) is 7.11. The number of nitrogens with one attached hydrogen (secondary N) is 1. The van der Waals surface area contributed by atoms with Crippen molar-refractivity contribution in [3.63, 3.8) is 0 Å². The highest BCUT2D eigenvalue weighted by molar-refractivity contribution is 5.98. The Morgan fingerprint density at radius 2 is 1.95 bits per heavy atom. The minimum Gasteiger partial charge on any atom is -0.290 e. The van der Waals surface area contributed by atoms with Crippen LogP contribution < -0.4 is 0 Å². The molecule has 21 heavy (non-hydrogen) atoms. The molecule has 0 amide bonds. The van der Waals surface area contributed by atoms with Gasteiger partial charge in [-0.2, -0.15) is 0 Å². The predicted molar refractivity (Wildman–Crippen MR) is 92.0 cm³/mol. The quantitative estimate of drug-likeness (QED) is 0.472. The fourth-order valence-corrected chi connectivity index (χ4v) is 1.99. The van der Waals surface area contributed by atoms with Crippen LogP contribution in [0.15, 0.2) is 52.6 Å². The van der Waals surface area contributed by atoms with Crippen LogP contribution in [0.2, 0.25) is 0 Å². The number of aromatic nitrogens is 1. The van der Waals surface area contributed by atoms with Crippen molar-refractivity contribution < 1.29 is 0 Å². The van der Waals surface area contributed by atoms with E-state index in [1.165, 1.54) is 0 Å². The summed E-state index contributed by atoms with van der Waals surface area (Å²) in [7, 11) is 0. The predicted octanol–water partition coefficient (Wildman–Crippen LogP) is 4.75. The summed E-state index contributed by atoms with van der Waals surface area (Å²) in [5.41, 5.74) is 6.20. The Morgan fingerprint density at radius 3 is 2.52 bits per heavy atom. The van der Waals surface area contributed by atoms with Gasteiger partial charge in [0, 0.05) is 11.4 Å². The maximum Gasteiger partial charge on any atom is 0.107 e. The first-order valence-electron chi connectivity index (χ1n) is 6.99. The number of nitrogens with zero attached hydrogens (tertiary/aromatic N) is 2. The third-order valence-corrected chi connectivity index (χ3v) is 3.25. The molecule has 0 aromatic carbocycles. The van der Waals surface area contributed by atoms with Crippen LogP contribution in [-0.2, 0) is 0 Å². The van der Waals surface area contributed by atoms with E-state index in [0.717, 1.165) is 40.2 Å². The van der Waals surface area contributed by atoms with Crippen LogP contribution in [0.1, 0.15) is 39.1 Å². The fourth-order valence-electron chi connectivity index (χ4n) is 1.99. The summed E-state index contributed by atoms with van der Waals surface area (Å²) in [5.74, 6) is 0. The van der Waals surface area contributed by atoms with Crippen molar-refractivity contribution in [2.75, 3.05) is 0 Å². The molecule has 0 radical (unpaired) electrons. The van der Waals surface area contributed by atoms with E-state index < -0.39 is 0 Å². The monoisotopic (exact) mass is 281 g/mol.